The number of H-pyrrole nitrogens is 1. The van der Waals surface area contributed by atoms with Gasteiger partial charge < -0.3 is 14.8 Å². The van der Waals surface area contributed by atoms with Crippen molar-refractivity contribution in [3.8, 4) is 22.4 Å². The van der Waals surface area contributed by atoms with Crippen molar-refractivity contribution >= 4 is 27.8 Å². The number of nitrogens with zero attached hydrogens (tertiary/aromatic N) is 5. The first-order valence-electron chi connectivity index (χ1n) is 11.9. The van der Waals surface area contributed by atoms with Crippen LogP contribution in [0.4, 0.5) is 4.39 Å². The van der Waals surface area contributed by atoms with Crippen LogP contribution in [0, 0.1) is 5.82 Å². The largest absolute Gasteiger partial charge is 0.338 e. The van der Waals surface area contributed by atoms with Crippen molar-refractivity contribution in [2.45, 2.75) is 12.5 Å². The Hall–Kier alpha value is -4.17. The summed E-state index contributed by atoms with van der Waals surface area (Å²) >= 11 is 0. The summed E-state index contributed by atoms with van der Waals surface area (Å²) < 4.78 is 15.3. The topological polar surface area (TPSA) is 78.0 Å². The molecule has 36 heavy (non-hydrogen) atoms. The van der Waals surface area contributed by atoms with Crippen molar-refractivity contribution in [3.05, 3.63) is 78.6 Å². The SMILES string of the molecule is CN(C)[C@H]1CCN(C(=O)c2ccc(-c3c(F)cnc4[nH]c5cnc(-c6cccnc6)cc5c34)cc2)C1. The second kappa shape index (κ2) is 8.80. The van der Waals surface area contributed by atoms with Crippen LogP contribution in [0.15, 0.2) is 67.3 Å². The number of hydrogen-bond donors (Lipinski definition) is 1. The third kappa shape index (κ3) is 3.79. The van der Waals surface area contributed by atoms with Crippen LogP contribution in [0.2, 0.25) is 0 Å². The Labute approximate surface area is 207 Å². The average molecular weight is 481 g/mol. The van der Waals surface area contributed by atoms with Crippen LogP contribution in [-0.4, -0.2) is 68.9 Å². The highest BCUT2D eigenvalue weighted by Crippen LogP contribution is 2.36. The molecule has 1 amide bonds. The van der Waals surface area contributed by atoms with Gasteiger partial charge in [-0.3, -0.25) is 14.8 Å². The summed E-state index contributed by atoms with van der Waals surface area (Å²) in [6, 6.07) is 13.3. The Morgan fingerprint density at radius 3 is 2.64 bits per heavy atom. The number of carbonyl (C=O) groups excluding carboxylic acids is 1. The van der Waals surface area contributed by atoms with Gasteiger partial charge in [0.1, 0.15) is 11.5 Å². The number of halogens is 1. The van der Waals surface area contributed by atoms with Crippen LogP contribution < -0.4 is 0 Å². The molecule has 8 heteroatoms. The van der Waals surface area contributed by atoms with Crippen LogP contribution in [0.25, 0.3) is 44.3 Å². The minimum atomic E-state index is -0.421. The van der Waals surface area contributed by atoms with E-state index in [4.69, 9.17) is 0 Å². The van der Waals surface area contributed by atoms with E-state index in [2.05, 4.69) is 24.8 Å². The Morgan fingerprint density at radius 1 is 1.08 bits per heavy atom. The predicted octanol–water partition coefficient (Wildman–Crippen LogP) is 4.76. The molecule has 0 saturated carbocycles. The zero-order chi connectivity index (χ0) is 24.8. The number of nitrogens with one attached hydrogen (secondary N) is 1. The molecule has 7 nitrogen and oxygen atoms in total. The third-order valence-corrected chi connectivity index (χ3v) is 7.02. The number of likely N-dealkylation sites (tertiary alicyclic amines) is 1. The molecule has 4 aromatic heterocycles. The molecule has 180 valence electrons. The van der Waals surface area contributed by atoms with Crippen molar-refractivity contribution in [3.63, 3.8) is 0 Å². The Balaban J connectivity index is 1.40. The molecule has 5 aromatic rings. The van der Waals surface area contributed by atoms with E-state index >= 15 is 4.39 Å². The summed E-state index contributed by atoms with van der Waals surface area (Å²) in [7, 11) is 4.08. The number of rotatable bonds is 4. The summed E-state index contributed by atoms with van der Waals surface area (Å²) in [5, 5.41) is 1.51. The third-order valence-electron chi connectivity index (χ3n) is 7.02. The van der Waals surface area contributed by atoms with E-state index in [1.165, 1.54) is 6.20 Å². The van der Waals surface area contributed by atoms with E-state index in [1.807, 2.05) is 49.3 Å². The quantitative estimate of drug-likeness (QED) is 0.402. The highest BCUT2D eigenvalue weighted by molar-refractivity contribution is 6.13. The van der Waals surface area contributed by atoms with E-state index < -0.39 is 5.82 Å². The lowest BCUT2D eigenvalue weighted by Crippen LogP contribution is -2.34. The molecular weight excluding hydrogens is 455 g/mol. The number of likely N-dealkylation sites (N-methyl/N-ethyl adjacent to an activating group) is 1. The first-order valence-corrected chi connectivity index (χ1v) is 11.9. The maximum atomic E-state index is 15.3. The van der Waals surface area contributed by atoms with Gasteiger partial charge in [-0.05, 0) is 56.4 Å². The standard InChI is InChI=1S/C28H25FN6O/c1-34(2)20-9-11-35(16-20)28(36)18-7-5-17(6-8-18)25-22(29)14-32-27-26(25)21-12-23(31-15-24(21)33-27)19-4-3-10-30-13-19/h3-8,10,12-15,20H,9,11,16H2,1-2H3,(H,32,33)/t20-/m0/s1. The van der Waals surface area contributed by atoms with Crippen LogP contribution in [0.1, 0.15) is 16.8 Å². The second-order valence-electron chi connectivity index (χ2n) is 9.42. The maximum absolute atomic E-state index is 15.3. The van der Waals surface area contributed by atoms with Gasteiger partial charge in [0.15, 0.2) is 0 Å². The Kier molecular flexibility index (Phi) is 5.45. The molecule has 1 aromatic carbocycles. The predicted molar refractivity (Wildman–Crippen MR) is 138 cm³/mol. The monoisotopic (exact) mass is 480 g/mol. The number of aromatic amines is 1. The fraction of sp³-hybridized carbons (Fsp3) is 0.214. The van der Waals surface area contributed by atoms with E-state index in [1.54, 1.807) is 30.7 Å². The molecular formula is C28H25FN6O. The van der Waals surface area contributed by atoms with Gasteiger partial charge in [0.05, 0.1) is 23.6 Å². The van der Waals surface area contributed by atoms with E-state index in [-0.39, 0.29) is 5.91 Å². The number of pyridine rings is 3. The second-order valence-corrected chi connectivity index (χ2v) is 9.42. The lowest BCUT2D eigenvalue weighted by molar-refractivity contribution is 0.0783. The van der Waals surface area contributed by atoms with Gasteiger partial charge in [-0.25, -0.2) is 9.37 Å². The summed E-state index contributed by atoms with van der Waals surface area (Å²) in [6.45, 7) is 1.46. The first-order chi connectivity index (χ1) is 17.5. The summed E-state index contributed by atoms with van der Waals surface area (Å²) in [6.07, 6.45) is 7.39. The van der Waals surface area contributed by atoms with Gasteiger partial charge in [0.25, 0.3) is 5.91 Å². The van der Waals surface area contributed by atoms with Crippen molar-refractivity contribution in [1.82, 2.24) is 29.7 Å². The molecule has 6 rings (SSSR count). The fourth-order valence-corrected chi connectivity index (χ4v) is 5.00. The first kappa shape index (κ1) is 22.3. The van der Waals surface area contributed by atoms with Crippen molar-refractivity contribution in [2.24, 2.45) is 0 Å². The molecule has 0 radical (unpaired) electrons. The molecule has 0 spiro atoms. The number of aromatic nitrogens is 4. The van der Waals surface area contributed by atoms with Crippen LogP contribution in [0.5, 0.6) is 0 Å². The van der Waals surface area contributed by atoms with Crippen molar-refractivity contribution < 1.29 is 9.18 Å². The molecule has 0 bridgehead atoms. The number of hydrogen-bond acceptors (Lipinski definition) is 5. The number of carbonyl (C=O) groups is 1. The molecule has 1 fully saturated rings. The number of amides is 1. The summed E-state index contributed by atoms with van der Waals surface area (Å²) in [5.41, 5.74) is 4.71. The zero-order valence-corrected chi connectivity index (χ0v) is 20.1. The van der Waals surface area contributed by atoms with Gasteiger partial charge in [0, 0.05) is 59.0 Å². The van der Waals surface area contributed by atoms with E-state index in [0.717, 1.165) is 41.7 Å². The fourth-order valence-electron chi connectivity index (χ4n) is 5.00. The summed E-state index contributed by atoms with van der Waals surface area (Å²) in [4.78, 5) is 33.4. The average Bonchev–Trinajstić information content (AvgIpc) is 3.54. The molecule has 1 saturated heterocycles. The maximum Gasteiger partial charge on any atom is 0.253 e. The Bertz CT molecular complexity index is 1580. The van der Waals surface area contributed by atoms with E-state index in [0.29, 0.717) is 33.8 Å². The summed E-state index contributed by atoms with van der Waals surface area (Å²) in [5.74, 6) is -0.416. The van der Waals surface area contributed by atoms with Crippen LogP contribution >= 0.6 is 0 Å². The molecule has 1 N–H and O–H groups in total. The van der Waals surface area contributed by atoms with Crippen LogP contribution in [-0.2, 0) is 0 Å². The Morgan fingerprint density at radius 2 is 1.92 bits per heavy atom. The normalized spacial score (nSPS) is 15.9. The minimum Gasteiger partial charge on any atom is -0.338 e. The molecule has 0 unspecified atom stereocenters. The van der Waals surface area contributed by atoms with Gasteiger partial charge >= 0.3 is 0 Å². The molecule has 5 heterocycles. The smallest absolute Gasteiger partial charge is 0.253 e. The number of benzene rings is 1. The van der Waals surface area contributed by atoms with Gasteiger partial charge in [0.2, 0.25) is 0 Å². The number of fused-ring (bicyclic) bond motifs is 3. The van der Waals surface area contributed by atoms with Gasteiger partial charge in [-0.1, -0.05) is 12.1 Å². The van der Waals surface area contributed by atoms with E-state index in [9.17, 15) is 4.79 Å². The lowest BCUT2D eigenvalue weighted by Gasteiger charge is -2.20. The highest BCUT2D eigenvalue weighted by Gasteiger charge is 2.28. The van der Waals surface area contributed by atoms with Crippen molar-refractivity contribution in [1.29, 1.82) is 0 Å². The molecule has 1 atom stereocenters. The molecule has 1 aliphatic heterocycles. The molecule has 1 aliphatic rings. The van der Waals surface area contributed by atoms with Crippen LogP contribution in [0.3, 0.4) is 0 Å². The van der Waals surface area contributed by atoms with Gasteiger partial charge in [-0.2, -0.15) is 0 Å². The zero-order valence-electron chi connectivity index (χ0n) is 20.1. The van der Waals surface area contributed by atoms with Crippen molar-refractivity contribution in [2.75, 3.05) is 27.2 Å². The minimum absolute atomic E-state index is 0.00512. The highest BCUT2D eigenvalue weighted by atomic mass is 19.1. The van der Waals surface area contributed by atoms with Gasteiger partial charge in [-0.15, -0.1) is 0 Å². The molecule has 0 aliphatic carbocycles. The lowest BCUT2D eigenvalue weighted by atomic mass is 9.99.